The number of carbonyl (C=O) groups excluding carboxylic acids is 1. The van der Waals surface area contributed by atoms with Gasteiger partial charge in [0.2, 0.25) is 15.9 Å². The van der Waals surface area contributed by atoms with Gasteiger partial charge < -0.3 is 14.5 Å². The first-order chi connectivity index (χ1) is 16.2. The first-order valence-electron chi connectivity index (χ1n) is 11.1. The number of benzene rings is 2. The number of amides is 1. The van der Waals surface area contributed by atoms with E-state index in [9.17, 15) is 17.6 Å². The molecule has 34 heavy (non-hydrogen) atoms. The van der Waals surface area contributed by atoms with Crippen molar-refractivity contribution in [2.24, 2.45) is 0 Å². The molecule has 2 atom stereocenters. The Kier molecular flexibility index (Phi) is 7.08. The van der Waals surface area contributed by atoms with Crippen molar-refractivity contribution in [1.29, 1.82) is 0 Å². The lowest BCUT2D eigenvalue weighted by molar-refractivity contribution is -0.133. The summed E-state index contributed by atoms with van der Waals surface area (Å²) in [6.07, 6.45) is 0.472. The van der Waals surface area contributed by atoms with Crippen LogP contribution in [0.4, 0.5) is 10.1 Å². The number of nitrogens with one attached hydrogen (secondary N) is 2. The summed E-state index contributed by atoms with van der Waals surface area (Å²) in [6.45, 7) is 2.12. The number of rotatable bonds is 6. The number of carbonyl (C=O) groups is 1. The molecule has 2 N–H and O–H groups in total. The molecule has 2 aliphatic heterocycles. The lowest BCUT2D eigenvalue weighted by atomic mass is 10.0. The van der Waals surface area contributed by atoms with Gasteiger partial charge in [-0.2, -0.15) is 0 Å². The molecule has 0 aliphatic carbocycles. The molecule has 0 radical (unpaired) electrons. The number of para-hydroxylation sites is 1. The number of ether oxygens (including phenoxy) is 1. The Morgan fingerprint density at radius 3 is 2.44 bits per heavy atom. The maximum absolute atomic E-state index is 14.1. The molecule has 9 nitrogen and oxygen atoms in total. The number of nitrogens with zero attached hydrogens (tertiary/aromatic N) is 3. The summed E-state index contributed by atoms with van der Waals surface area (Å²) in [7, 11) is 0.673. The van der Waals surface area contributed by atoms with Crippen LogP contribution >= 0.6 is 0 Å². The Morgan fingerprint density at radius 1 is 1.09 bits per heavy atom. The van der Waals surface area contributed by atoms with E-state index in [1.54, 1.807) is 41.3 Å². The fourth-order valence-electron chi connectivity index (χ4n) is 4.34. The SMILES string of the molecule is COc1ccc(C2CC(C(=O)N3CCN(c4ccccc4F)CC3)NN2)cc1S(=O)(=O)N(C)C. The molecule has 2 fully saturated rings. The van der Waals surface area contributed by atoms with Crippen LogP contribution in [0.15, 0.2) is 47.4 Å². The fourth-order valence-corrected chi connectivity index (χ4v) is 5.43. The maximum Gasteiger partial charge on any atom is 0.246 e. The molecule has 11 heteroatoms. The van der Waals surface area contributed by atoms with Gasteiger partial charge in [-0.05, 0) is 36.2 Å². The quantitative estimate of drug-likeness (QED) is 0.630. The van der Waals surface area contributed by atoms with Crippen LogP contribution in [0.3, 0.4) is 0 Å². The molecular formula is C23H30FN5O4S. The van der Waals surface area contributed by atoms with Crippen LogP contribution in [0.5, 0.6) is 5.75 Å². The second-order valence-electron chi connectivity index (χ2n) is 8.59. The van der Waals surface area contributed by atoms with Crippen LogP contribution in [0.25, 0.3) is 0 Å². The van der Waals surface area contributed by atoms with Crippen molar-refractivity contribution in [2.45, 2.75) is 23.4 Å². The molecule has 1 amide bonds. The fraction of sp³-hybridized carbons (Fsp3) is 0.435. The number of hydrazine groups is 1. The predicted octanol–water partition coefficient (Wildman–Crippen LogP) is 1.34. The van der Waals surface area contributed by atoms with E-state index >= 15 is 0 Å². The molecule has 2 unspecified atom stereocenters. The third-order valence-electron chi connectivity index (χ3n) is 6.33. The highest BCUT2D eigenvalue weighted by Gasteiger charge is 2.35. The van der Waals surface area contributed by atoms with Gasteiger partial charge in [-0.15, -0.1) is 0 Å². The number of methoxy groups -OCH3 is 1. The van der Waals surface area contributed by atoms with E-state index in [0.717, 1.165) is 9.87 Å². The summed E-state index contributed by atoms with van der Waals surface area (Å²) >= 11 is 0. The van der Waals surface area contributed by atoms with Crippen LogP contribution < -0.4 is 20.5 Å². The van der Waals surface area contributed by atoms with Crippen molar-refractivity contribution in [1.82, 2.24) is 20.1 Å². The van der Waals surface area contributed by atoms with Crippen LogP contribution in [0.2, 0.25) is 0 Å². The van der Waals surface area contributed by atoms with Gasteiger partial charge >= 0.3 is 0 Å². The Bertz CT molecular complexity index is 1150. The molecule has 4 rings (SSSR count). The highest BCUT2D eigenvalue weighted by molar-refractivity contribution is 7.89. The van der Waals surface area contributed by atoms with E-state index in [4.69, 9.17) is 4.74 Å². The van der Waals surface area contributed by atoms with Gasteiger partial charge in [0.25, 0.3) is 0 Å². The summed E-state index contributed by atoms with van der Waals surface area (Å²) < 4.78 is 45.9. The lowest BCUT2D eigenvalue weighted by Crippen LogP contribution is -2.53. The summed E-state index contributed by atoms with van der Waals surface area (Å²) in [6, 6.07) is 11.0. The number of halogens is 1. The number of piperazine rings is 1. The van der Waals surface area contributed by atoms with Crippen molar-refractivity contribution in [3.63, 3.8) is 0 Å². The van der Waals surface area contributed by atoms with Crippen molar-refractivity contribution < 1.29 is 22.3 Å². The van der Waals surface area contributed by atoms with Gasteiger partial charge in [0.15, 0.2) is 0 Å². The summed E-state index contributed by atoms with van der Waals surface area (Å²) in [4.78, 5) is 16.9. The van der Waals surface area contributed by atoms with Crippen molar-refractivity contribution in [3.05, 3.63) is 53.8 Å². The third-order valence-corrected chi connectivity index (χ3v) is 8.17. The minimum absolute atomic E-state index is 0.0298. The normalized spacial score (nSPS) is 21.2. The smallest absolute Gasteiger partial charge is 0.246 e. The Hall–Kier alpha value is -2.73. The number of hydrogen-bond donors (Lipinski definition) is 2. The molecule has 2 aromatic carbocycles. The number of hydrogen-bond acceptors (Lipinski definition) is 7. The van der Waals surface area contributed by atoms with Gasteiger partial charge in [0.1, 0.15) is 22.5 Å². The molecular weight excluding hydrogens is 461 g/mol. The number of sulfonamides is 1. The molecule has 0 bridgehead atoms. The van der Waals surface area contributed by atoms with E-state index in [0.29, 0.717) is 38.3 Å². The zero-order valence-electron chi connectivity index (χ0n) is 19.5. The van der Waals surface area contributed by atoms with Crippen molar-refractivity contribution in [3.8, 4) is 5.75 Å². The van der Waals surface area contributed by atoms with Gasteiger partial charge in [0.05, 0.1) is 12.8 Å². The average molecular weight is 492 g/mol. The standard InChI is InChI=1S/C23H30FN5O4S/c1-27(2)34(31,32)22-14-16(8-9-21(22)33-3)18-15-19(26-25-18)23(30)29-12-10-28(11-13-29)20-7-5-4-6-17(20)24/h4-9,14,18-19,25-26H,10-13,15H2,1-3H3. The zero-order chi connectivity index (χ0) is 24.5. The highest BCUT2D eigenvalue weighted by atomic mass is 32.2. The van der Waals surface area contributed by atoms with Crippen LogP contribution in [0, 0.1) is 5.82 Å². The first-order valence-corrected chi connectivity index (χ1v) is 12.6. The van der Waals surface area contributed by atoms with E-state index < -0.39 is 16.1 Å². The van der Waals surface area contributed by atoms with Crippen LogP contribution in [-0.2, 0) is 14.8 Å². The Morgan fingerprint density at radius 2 is 1.79 bits per heavy atom. The second kappa shape index (κ2) is 9.87. The summed E-state index contributed by atoms with van der Waals surface area (Å²) in [5.41, 5.74) is 7.48. The van der Waals surface area contributed by atoms with Crippen LogP contribution in [-0.4, -0.2) is 77.0 Å². The third kappa shape index (κ3) is 4.74. The monoisotopic (exact) mass is 491 g/mol. The lowest BCUT2D eigenvalue weighted by Gasteiger charge is -2.37. The molecule has 2 saturated heterocycles. The van der Waals surface area contributed by atoms with E-state index in [1.165, 1.54) is 27.3 Å². The number of anilines is 1. The summed E-state index contributed by atoms with van der Waals surface area (Å²) in [5, 5.41) is 0. The molecule has 2 aromatic rings. The predicted molar refractivity (Wildman–Crippen MR) is 126 cm³/mol. The molecule has 0 saturated carbocycles. The van der Waals surface area contributed by atoms with E-state index in [2.05, 4.69) is 10.9 Å². The largest absolute Gasteiger partial charge is 0.495 e. The van der Waals surface area contributed by atoms with Gasteiger partial charge in [-0.25, -0.2) is 28.0 Å². The first kappa shape index (κ1) is 24.4. The molecule has 2 heterocycles. The maximum atomic E-state index is 14.1. The van der Waals surface area contributed by atoms with Gasteiger partial charge in [-0.1, -0.05) is 18.2 Å². The minimum atomic E-state index is -3.70. The molecule has 0 aromatic heterocycles. The van der Waals surface area contributed by atoms with E-state index in [1.807, 2.05) is 4.90 Å². The van der Waals surface area contributed by atoms with Gasteiger partial charge in [-0.3, -0.25) is 4.79 Å². The molecule has 2 aliphatic rings. The van der Waals surface area contributed by atoms with E-state index in [-0.39, 0.29) is 28.4 Å². The Balaban J connectivity index is 1.41. The molecule has 184 valence electrons. The van der Waals surface area contributed by atoms with Crippen molar-refractivity contribution in [2.75, 3.05) is 52.3 Å². The molecule has 0 spiro atoms. The minimum Gasteiger partial charge on any atom is -0.495 e. The topological polar surface area (TPSA) is 94.2 Å². The Labute approximate surface area is 199 Å². The van der Waals surface area contributed by atoms with Crippen molar-refractivity contribution >= 4 is 21.6 Å². The van der Waals surface area contributed by atoms with Crippen LogP contribution in [0.1, 0.15) is 18.0 Å². The summed E-state index contributed by atoms with van der Waals surface area (Å²) in [5.74, 6) is -0.0245. The highest BCUT2D eigenvalue weighted by Crippen LogP contribution is 2.32. The zero-order valence-corrected chi connectivity index (χ0v) is 20.3. The van der Waals surface area contributed by atoms with Gasteiger partial charge in [0, 0.05) is 46.3 Å². The average Bonchev–Trinajstić information content (AvgIpc) is 3.34. The second-order valence-corrected chi connectivity index (χ2v) is 10.7.